The number of halogens is 1. The van der Waals surface area contributed by atoms with Crippen LogP contribution in [0.4, 0.5) is 0 Å². The van der Waals surface area contributed by atoms with Crippen molar-refractivity contribution in [2.45, 2.75) is 45.3 Å². The Morgan fingerprint density at radius 3 is 2.84 bits per heavy atom. The van der Waals surface area contributed by atoms with Crippen LogP contribution in [0.15, 0.2) is 0 Å². The first-order valence-corrected chi connectivity index (χ1v) is 7.43. The Balaban J connectivity index is 2.14. The molecular weight excluding hydrogens is 262 g/mol. The number of hydrogen-bond donors (Lipinski definition) is 1. The Kier molecular flexibility index (Phi) is 4.87. The van der Waals surface area contributed by atoms with Crippen molar-refractivity contribution >= 4 is 11.6 Å². The van der Waals surface area contributed by atoms with E-state index < -0.39 is 0 Å². The molecule has 0 saturated carbocycles. The lowest BCUT2D eigenvalue weighted by atomic mass is 9.88. The molecule has 0 aliphatic carbocycles. The highest BCUT2D eigenvalue weighted by Gasteiger charge is 2.33. The summed E-state index contributed by atoms with van der Waals surface area (Å²) in [5.41, 5.74) is 2.02. The normalized spacial score (nSPS) is 24.9. The van der Waals surface area contributed by atoms with Crippen LogP contribution >= 0.6 is 11.6 Å². The van der Waals surface area contributed by atoms with E-state index in [1.807, 2.05) is 25.7 Å². The molecule has 0 aromatic carbocycles. The summed E-state index contributed by atoms with van der Waals surface area (Å²) in [5, 5.41) is 8.63. The highest BCUT2D eigenvalue weighted by Crippen LogP contribution is 2.30. The number of likely N-dealkylation sites (N-methyl/N-ethyl adjacent to an activating group) is 1. The number of aromatic nitrogens is 2. The van der Waals surface area contributed by atoms with E-state index >= 15 is 0 Å². The van der Waals surface area contributed by atoms with Gasteiger partial charge in [0.1, 0.15) is 0 Å². The Labute approximate surface area is 120 Å². The first kappa shape index (κ1) is 14.8. The minimum Gasteiger partial charge on any atom is -0.378 e. The monoisotopic (exact) mass is 285 g/mol. The number of nitrogens with zero attached hydrogens (tertiary/aromatic N) is 2. The number of ether oxygens (including phenoxy) is 1. The van der Waals surface area contributed by atoms with Gasteiger partial charge >= 0.3 is 0 Å². The number of hydrogen-bond acceptors (Lipinski definition) is 3. The van der Waals surface area contributed by atoms with Gasteiger partial charge < -0.3 is 10.1 Å². The predicted octanol–water partition coefficient (Wildman–Crippen LogP) is 2.33. The number of nitrogens with one attached hydrogen (secondary N) is 1. The lowest BCUT2D eigenvalue weighted by molar-refractivity contribution is 0.0781. The van der Waals surface area contributed by atoms with E-state index in [1.165, 1.54) is 0 Å². The summed E-state index contributed by atoms with van der Waals surface area (Å²) in [4.78, 5) is 0. The molecule has 1 aromatic rings. The van der Waals surface area contributed by atoms with Gasteiger partial charge in [0.05, 0.1) is 22.5 Å². The van der Waals surface area contributed by atoms with Gasteiger partial charge in [0, 0.05) is 32.0 Å². The maximum atomic E-state index is 6.35. The van der Waals surface area contributed by atoms with Crippen LogP contribution in [-0.2, 0) is 18.2 Å². The van der Waals surface area contributed by atoms with Crippen LogP contribution < -0.4 is 5.32 Å². The molecule has 0 bridgehead atoms. The average molecular weight is 286 g/mol. The Morgan fingerprint density at radius 2 is 2.32 bits per heavy atom. The lowest BCUT2D eigenvalue weighted by Gasteiger charge is -2.27. The van der Waals surface area contributed by atoms with Crippen LogP contribution in [0.25, 0.3) is 0 Å². The van der Waals surface area contributed by atoms with Crippen molar-refractivity contribution in [1.82, 2.24) is 15.1 Å². The summed E-state index contributed by atoms with van der Waals surface area (Å²) in [6.45, 7) is 5.02. The van der Waals surface area contributed by atoms with Crippen LogP contribution in [-0.4, -0.2) is 35.6 Å². The van der Waals surface area contributed by atoms with E-state index in [9.17, 15) is 0 Å². The lowest BCUT2D eigenvalue weighted by Crippen LogP contribution is -2.40. The zero-order chi connectivity index (χ0) is 14.0. The fraction of sp³-hybridized carbons (Fsp3) is 0.786. The largest absolute Gasteiger partial charge is 0.378 e. The number of rotatable bonds is 5. The highest BCUT2D eigenvalue weighted by molar-refractivity contribution is 6.31. The fourth-order valence-corrected chi connectivity index (χ4v) is 3.36. The van der Waals surface area contributed by atoms with Crippen molar-refractivity contribution in [2.24, 2.45) is 13.0 Å². The van der Waals surface area contributed by atoms with Gasteiger partial charge in [-0.2, -0.15) is 5.10 Å². The molecule has 19 heavy (non-hydrogen) atoms. The molecule has 108 valence electrons. The van der Waals surface area contributed by atoms with Gasteiger partial charge in [-0.15, -0.1) is 0 Å². The van der Waals surface area contributed by atoms with Crippen molar-refractivity contribution in [2.75, 3.05) is 13.7 Å². The predicted molar refractivity (Wildman–Crippen MR) is 77.6 cm³/mol. The molecule has 1 aliphatic heterocycles. The molecule has 1 N–H and O–H groups in total. The third kappa shape index (κ3) is 2.96. The SMILES string of the molecule is CCC1OCCC1C(Cc1c(Cl)c(C)nn1C)NC. The van der Waals surface area contributed by atoms with Crippen LogP contribution in [0.2, 0.25) is 5.02 Å². The molecule has 2 heterocycles. The van der Waals surface area contributed by atoms with E-state index in [4.69, 9.17) is 16.3 Å². The topological polar surface area (TPSA) is 39.1 Å². The van der Waals surface area contributed by atoms with Gasteiger partial charge in [0.15, 0.2) is 0 Å². The molecule has 4 nitrogen and oxygen atoms in total. The summed E-state index contributed by atoms with van der Waals surface area (Å²) < 4.78 is 7.71. The Bertz CT molecular complexity index is 433. The minimum absolute atomic E-state index is 0.366. The van der Waals surface area contributed by atoms with Crippen LogP contribution in [0, 0.1) is 12.8 Å². The van der Waals surface area contributed by atoms with Crippen molar-refractivity contribution in [3.05, 3.63) is 16.4 Å². The van der Waals surface area contributed by atoms with Crippen molar-refractivity contribution in [1.29, 1.82) is 0 Å². The molecule has 1 aromatic heterocycles. The molecule has 1 aliphatic rings. The van der Waals surface area contributed by atoms with Crippen LogP contribution in [0.3, 0.4) is 0 Å². The first-order chi connectivity index (χ1) is 9.08. The summed E-state index contributed by atoms with van der Waals surface area (Å²) in [6.07, 6.45) is 3.46. The van der Waals surface area contributed by atoms with E-state index in [0.717, 1.165) is 42.3 Å². The Morgan fingerprint density at radius 1 is 1.58 bits per heavy atom. The molecular formula is C14H24ClN3O. The summed E-state index contributed by atoms with van der Waals surface area (Å²) in [5.74, 6) is 0.557. The average Bonchev–Trinajstić information content (AvgIpc) is 2.95. The minimum atomic E-state index is 0.366. The zero-order valence-electron chi connectivity index (χ0n) is 12.2. The van der Waals surface area contributed by atoms with Crippen molar-refractivity contribution < 1.29 is 4.74 Å². The second-order valence-corrected chi connectivity index (χ2v) is 5.72. The van der Waals surface area contributed by atoms with E-state index in [1.54, 1.807) is 0 Å². The molecule has 1 saturated heterocycles. The summed E-state index contributed by atoms with van der Waals surface area (Å²) >= 11 is 6.35. The van der Waals surface area contributed by atoms with Gasteiger partial charge in [-0.05, 0) is 26.8 Å². The second kappa shape index (κ2) is 6.25. The molecule has 1 fully saturated rings. The van der Waals surface area contributed by atoms with Crippen molar-refractivity contribution in [3.63, 3.8) is 0 Å². The molecule has 0 amide bonds. The first-order valence-electron chi connectivity index (χ1n) is 7.05. The molecule has 3 unspecified atom stereocenters. The molecule has 0 spiro atoms. The molecule has 0 radical (unpaired) electrons. The second-order valence-electron chi connectivity index (χ2n) is 5.34. The fourth-order valence-electron chi connectivity index (χ4n) is 3.12. The van der Waals surface area contributed by atoms with Gasteiger partial charge in [0.25, 0.3) is 0 Å². The van der Waals surface area contributed by atoms with E-state index in [-0.39, 0.29) is 0 Å². The molecule has 2 rings (SSSR count). The standard InChI is InChI=1S/C14H24ClN3O/c1-5-13-10(6-7-19-13)11(16-3)8-12-14(15)9(2)17-18(12)4/h10-11,13,16H,5-8H2,1-4H3. The highest BCUT2D eigenvalue weighted by atomic mass is 35.5. The van der Waals surface area contributed by atoms with Crippen LogP contribution in [0.1, 0.15) is 31.2 Å². The smallest absolute Gasteiger partial charge is 0.0847 e. The van der Waals surface area contributed by atoms with E-state index in [2.05, 4.69) is 17.3 Å². The quantitative estimate of drug-likeness (QED) is 0.902. The van der Waals surface area contributed by atoms with Gasteiger partial charge in [-0.3, -0.25) is 4.68 Å². The maximum absolute atomic E-state index is 6.35. The summed E-state index contributed by atoms with van der Waals surface area (Å²) in [6, 6.07) is 0.389. The van der Waals surface area contributed by atoms with Crippen LogP contribution in [0.5, 0.6) is 0 Å². The number of aryl methyl sites for hydroxylation is 2. The van der Waals surface area contributed by atoms with Gasteiger partial charge in [-0.1, -0.05) is 18.5 Å². The van der Waals surface area contributed by atoms with Gasteiger partial charge in [-0.25, -0.2) is 0 Å². The van der Waals surface area contributed by atoms with E-state index in [0.29, 0.717) is 18.1 Å². The van der Waals surface area contributed by atoms with Gasteiger partial charge in [0.2, 0.25) is 0 Å². The summed E-state index contributed by atoms with van der Waals surface area (Å²) in [7, 11) is 3.98. The zero-order valence-corrected chi connectivity index (χ0v) is 13.0. The Hall–Kier alpha value is -0.580. The third-order valence-corrected chi connectivity index (χ3v) is 4.72. The molecule has 5 heteroatoms. The molecule has 3 atom stereocenters. The maximum Gasteiger partial charge on any atom is 0.0847 e. The third-order valence-electron chi connectivity index (χ3n) is 4.23. The van der Waals surface area contributed by atoms with Crippen molar-refractivity contribution in [3.8, 4) is 0 Å².